The molecule has 0 aliphatic heterocycles. The van der Waals surface area contributed by atoms with Gasteiger partial charge in [0.05, 0.1) is 21.2 Å². The number of thioether (sulfide) groups is 1. The molecule has 0 fully saturated rings. The Labute approximate surface area is 162 Å². The van der Waals surface area contributed by atoms with Crippen molar-refractivity contribution in [1.29, 1.82) is 5.26 Å². The van der Waals surface area contributed by atoms with E-state index in [4.69, 9.17) is 0 Å². The monoisotopic (exact) mass is 392 g/mol. The molecule has 126 valence electrons. The zero-order valence-electron chi connectivity index (χ0n) is 13.5. The Kier molecular flexibility index (Phi) is 4.85. The number of thiazole rings is 1. The van der Waals surface area contributed by atoms with Gasteiger partial charge in [-0.15, -0.1) is 22.7 Å². The van der Waals surface area contributed by atoms with Crippen molar-refractivity contribution in [2.75, 3.05) is 0 Å². The van der Waals surface area contributed by atoms with Crippen LogP contribution in [0.5, 0.6) is 0 Å². The van der Waals surface area contributed by atoms with Crippen molar-refractivity contribution in [2.24, 2.45) is 0 Å². The molecule has 0 aliphatic carbocycles. The lowest BCUT2D eigenvalue weighted by Gasteiger charge is -2.08. The molecule has 3 nitrogen and oxygen atoms in total. The van der Waals surface area contributed by atoms with Crippen LogP contribution in [0, 0.1) is 11.3 Å². The van der Waals surface area contributed by atoms with Crippen LogP contribution in [0.4, 0.5) is 0 Å². The minimum atomic E-state index is -0.360. The molecular formula is C20H12N2OS3. The average Bonchev–Trinajstić information content (AvgIpc) is 3.35. The van der Waals surface area contributed by atoms with Gasteiger partial charge >= 0.3 is 0 Å². The molecule has 26 heavy (non-hydrogen) atoms. The fourth-order valence-corrected chi connectivity index (χ4v) is 5.36. The zero-order valence-corrected chi connectivity index (χ0v) is 15.9. The van der Waals surface area contributed by atoms with E-state index in [1.165, 1.54) is 23.1 Å². The molecule has 2 aromatic heterocycles. The highest BCUT2D eigenvalue weighted by molar-refractivity contribution is 8.01. The van der Waals surface area contributed by atoms with Gasteiger partial charge < -0.3 is 0 Å². The van der Waals surface area contributed by atoms with Gasteiger partial charge in [0.15, 0.2) is 4.34 Å². The lowest BCUT2D eigenvalue weighted by molar-refractivity contribution is 0.104. The summed E-state index contributed by atoms with van der Waals surface area (Å²) in [5.74, 6) is 0.0129. The molecule has 6 heteroatoms. The Balaban J connectivity index is 1.55. The van der Waals surface area contributed by atoms with Crippen molar-refractivity contribution < 1.29 is 4.79 Å². The molecule has 0 aliphatic rings. The van der Waals surface area contributed by atoms with Crippen molar-refractivity contribution in [1.82, 2.24) is 4.98 Å². The van der Waals surface area contributed by atoms with Crippen molar-refractivity contribution in [3.63, 3.8) is 0 Å². The molecule has 0 amide bonds. The molecule has 0 bridgehead atoms. The van der Waals surface area contributed by atoms with E-state index in [1.54, 1.807) is 23.5 Å². The van der Waals surface area contributed by atoms with Gasteiger partial charge in [-0.05, 0) is 29.1 Å². The average molecular weight is 393 g/mol. The van der Waals surface area contributed by atoms with Gasteiger partial charge in [0.1, 0.15) is 5.25 Å². The van der Waals surface area contributed by atoms with Crippen LogP contribution < -0.4 is 0 Å². The minimum absolute atomic E-state index is 0.0129. The molecular weight excluding hydrogens is 380 g/mol. The summed E-state index contributed by atoms with van der Waals surface area (Å²) in [5, 5.41) is 11.1. The molecule has 4 rings (SSSR count). The van der Waals surface area contributed by atoms with E-state index in [-0.39, 0.29) is 11.0 Å². The van der Waals surface area contributed by atoms with Crippen molar-refractivity contribution in [3.05, 3.63) is 82.0 Å². The number of para-hydroxylation sites is 1. The van der Waals surface area contributed by atoms with E-state index >= 15 is 0 Å². The first-order valence-corrected chi connectivity index (χ1v) is 10.4. The minimum Gasteiger partial charge on any atom is -0.288 e. The Hall–Kier alpha value is -2.46. The maximum absolute atomic E-state index is 12.4. The second kappa shape index (κ2) is 7.42. The van der Waals surface area contributed by atoms with E-state index in [0.29, 0.717) is 5.56 Å². The number of rotatable bonds is 5. The standard InChI is InChI=1S/C20H12N2OS3/c21-12-18(26-20-22-15-4-1-2-5-16(15)25-20)13-7-9-14(10-8-13)19(23)17-6-3-11-24-17/h1-11,18H. The molecule has 4 aromatic rings. The molecule has 1 unspecified atom stereocenters. The molecule has 0 N–H and O–H groups in total. The summed E-state index contributed by atoms with van der Waals surface area (Å²) in [6.45, 7) is 0. The fourth-order valence-electron chi connectivity index (χ4n) is 2.53. The van der Waals surface area contributed by atoms with Crippen molar-refractivity contribution >= 4 is 50.4 Å². The third kappa shape index (κ3) is 3.42. The first kappa shape index (κ1) is 17.0. The van der Waals surface area contributed by atoms with Crippen LogP contribution in [0.15, 0.2) is 70.4 Å². The van der Waals surface area contributed by atoms with E-state index in [9.17, 15) is 10.1 Å². The SMILES string of the molecule is N#CC(Sc1nc2ccccc2s1)c1ccc(C(=O)c2cccs2)cc1. The third-order valence-corrected chi connectivity index (χ3v) is 6.98. The first-order chi connectivity index (χ1) is 12.7. The maximum atomic E-state index is 12.4. The van der Waals surface area contributed by atoms with Gasteiger partial charge in [-0.25, -0.2) is 4.98 Å². The summed E-state index contributed by atoms with van der Waals surface area (Å²) >= 11 is 4.46. The van der Waals surface area contributed by atoms with Crippen LogP contribution in [-0.4, -0.2) is 10.8 Å². The van der Waals surface area contributed by atoms with Gasteiger partial charge in [-0.1, -0.05) is 54.2 Å². The summed E-state index contributed by atoms with van der Waals surface area (Å²) in [7, 11) is 0. The third-order valence-electron chi connectivity index (χ3n) is 3.83. The van der Waals surface area contributed by atoms with Crippen LogP contribution in [0.25, 0.3) is 10.2 Å². The van der Waals surface area contributed by atoms with Crippen molar-refractivity contribution in [3.8, 4) is 6.07 Å². The predicted molar refractivity (Wildman–Crippen MR) is 108 cm³/mol. The van der Waals surface area contributed by atoms with Gasteiger partial charge in [0.2, 0.25) is 5.78 Å². The second-order valence-electron chi connectivity index (χ2n) is 5.50. The van der Waals surface area contributed by atoms with Gasteiger partial charge in [0, 0.05) is 5.56 Å². The van der Waals surface area contributed by atoms with Crippen LogP contribution in [-0.2, 0) is 0 Å². The quantitative estimate of drug-likeness (QED) is 0.311. The number of ketones is 1. The van der Waals surface area contributed by atoms with Crippen LogP contribution in [0.3, 0.4) is 0 Å². The highest BCUT2D eigenvalue weighted by Gasteiger charge is 2.17. The van der Waals surface area contributed by atoms with Crippen LogP contribution in [0.1, 0.15) is 26.0 Å². The predicted octanol–water partition coefficient (Wildman–Crippen LogP) is 5.95. The first-order valence-electron chi connectivity index (χ1n) is 7.84. The summed E-state index contributed by atoms with van der Waals surface area (Å²) in [5.41, 5.74) is 2.46. The number of hydrogen-bond acceptors (Lipinski definition) is 6. The van der Waals surface area contributed by atoms with E-state index < -0.39 is 0 Å². The number of carbonyl (C=O) groups excluding carboxylic acids is 1. The molecule has 0 saturated heterocycles. The number of hydrogen-bond donors (Lipinski definition) is 0. The Morgan fingerprint density at radius 2 is 1.88 bits per heavy atom. The Morgan fingerprint density at radius 1 is 1.08 bits per heavy atom. The highest BCUT2D eigenvalue weighted by Crippen LogP contribution is 2.38. The Bertz CT molecular complexity index is 1060. The molecule has 2 heterocycles. The summed E-state index contributed by atoms with van der Waals surface area (Å²) < 4.78 is 1.99. The zero-order chi connectivity index (χ0) is 17.9. The van der Waals surface area contributed by atoms with Gasteiger partial charge in [-0.2, -0.15) is 5.26 Å². The lowest BCUT2D eigenvalue weighted by Crippen LogP contribution is -1.99. The molecule has 1 atom stereocenters. The van der Waals surface area contributed by atoms with E-state index in [0.717, 1.165) is 25.0 Å². The van der Waals surface area contributed by atoms with E-state index in [1.807, 2.05) is 53.9 Å². The molecule has 0 spiro atoms. The number of carbonyl (C=O) groups is 1. The summed E-state index contributed by atoms with van der Waals surface area (Å²) in [4.78, 5) is 17.7. The van der Waals surface area contributed by atoms with E-state index in [2.05, 4.69) is 11.1 Å². The molecule has 2 aromatic carbocycles. The van der Waals surface area contributed by atoms with Crippen molar-refractivity contribution in [2.45, 2.75) is 9.59 Å². The topological polar surface area (TPSA) is 53.8 Å². The van der Waals surface area contributed by atoms with Gasteiger partial charge in [0.25, 0.3) is 0 Å². The van der Waals surface area contributed by atoms with Crippen LogP contribution in [0.2, 0.25) is 0 Å². The maximum Gasteiger partial charge on any atom is 0.202 e. The number of nitriles is 1. The normalized spacial score (nSPS) is 12.0. The molecule has 0 radical (unpaired) electrons. The van der Waals surface area contributed by atoms with Crippen LogP contribution >= 0.6 is 34.4 Å². The summed E-state index contributed by atoms with van der Waals surface area (Å²) in [6, 6.07) is 21.3. The number of fused-ring (bicyclic) bond motifs is 1. The largest absolute Gasteiger partial charge is 0.288 e. The van der Waals surface area contributed by atoms with Gasteiger partial charge in [-0.3, -0.25) is 4.79 Å². The fraction of sp³-hybridized carbons (Fsp3) is 0.0500. The lowest BCUT2D eigenvalue weighted by atomic mass is 10.1. The number of aromatic nitrogens is 1. The summed E-state index contributed by atoms with van der Waals surface area (Å²) in [6.07, 6.45) is 0. The smallest absolute Gasteiger partial charge is 0.202 e. The molecule has 0 saturated carbocycles. The Morgan fingerprint density at radius 3 is 2.58 bits per heavy atom. The number of benzene rings is 2. The number of nitrogens with zero attached hydrogens (tertiary/aromatic N) is 2. The number of thiophene rings is 1. The highest BCUT2D eigenvalue weighted by atomic mass is 32.2. The second-order valence-corrected chi connectivity index (χ2v) is 8.83.